The van der Waals surface area contributed by atoms with Crippen LogP contribution in [-0.4, -0.2) is 117 Å². The second-order valence-corrected chi connectivity index (χ2v) is 24.5. The van der Waals surface area contributed by atoms with Crippen molar-refractivity contribution >= 4 is 79.7 Å². The second kappa shape index (κ2) is 27.5. The van der Waals surface area contributed by atoms with E-state index in [-0.39, 0.29) is 81.7 Å². The maximum atomic E-state index is 16.2. The summed E-state index contributed by atoms with van der Waals surface area (Å²) in [6.07, 6.45) is 3.72. The first kappa shape index (κ1) is 61.9. The molecule has 2 fully saturated rings. The molecule has 5 aromatic carbocycles. The third-order valence-electron chi connectivity index (χ3n) is 14.4. The molecular formula is C60H64Cl2F2N10O7S2. The lowest BCUT2D eigenvalue weighted by Gasteiger charge is -2.37. The van der Waals surface area contributed by atoms with E-state index in [0.29, 0.717) is 55.6 Å². The fourth-order valence-electron chi connectivity index (χ4n) is 10.4. The van der Waals surface area contributed by atoms with Crippen molar-refractivity contribution in [2.24, 2.45) is 5.41 Å². The maximum Gasteiger partial charge on any atom is 0.251 e. The van der Waals surface area contributed by atoms with Gasteiger partial charge >= 0.3 is 0 Å². The molecule has 17 nitrogen and oxygen atoms in total. The number of halogens is 4. The van der Waals surface area contributed by atoms with Gasteiger partial charge in [-0.1, -0.05) is 80.4 Å². The number of benzene rings is 5. The van der Waals surface area contributed by atoms with Gasteiger partial charge in [0.2, 0.25) is 15.9 Å². The molecule has 3 heterocycles. The van der Waals surface area contributed by atoms with Gasteiger partial charge in [0.15, 0.2) is 5.11 Å². The minimum absolute atomic E-state index is 0.0585. The number of carbonyl (C=O) groups is 3. The van der Waals surface area contributed by atoms with E-state index >= 15 is 8.78 Å². The van der Waals surface area contributed by atoms with Crippen LogP contribution < -0.4 is 36.6 Å². The zero-order valence-electron chi connectivity index (χ0n) is 46.1. The maximum absolute atomic E-state index is 16.2. The zero-order valence-corrected chi connectivity index (χ0v) is 49.3. The highest BCUT2D eigenvalue weighted by atomic mass is 35.5. The quantitative estimate of drug-likeness (QED) is 0.0293. The summed E-state index contributed by atoms with van der Waals surface area (Å²) in [5.41, 5.74) is 1.05. The first-order valence-electron chi connectivity index (χ1n) is 26.8. The predicted molar refractivity (Wildman–Crippen MR) is 319 cm³/mol. The number of methoxy groups -OCH3 is 1. The van der Waals surface area contributed by atoms with Gasteiger partial charge < -0.3 is 41.4 Å². The first-order valence-corrected chi connectivity index (χ1v) is 29.4. The Morgan fingerprint density at radius 2 is 1.53 bits per heavy atom. The van der Waals surface area contributed by atoms with E-state index in [0.717, 1.165) is 17.2 Å². The van der Waals surface area contributed by atoms with Gasteiger partial charge in [-0.3, -0.25) is 24.3 Å². The van der Waals surface area contributed by atoms with Crippen LogP contribution in [0.15, 0.2) is 133 Å². The molecule has 83 heavy (non-hydrogen) atoms. The Labute approximate surface area is 497 Å². The lowest BCUT2D eigenvalue weighted by molar-refractivity contribution is -0.118. The third kappa shape index (κ3) is 15.2. The van der Waals surface area contributed by atoms with Crippen LogP contribution in [0, 0.1) is 28.4 Å². The highest BCUT2D eigenvalue weighted by Gasteiger charge is 2.61. The number of pyridine rings is 1. The van der Waals surface area contributed by atoms with Crippen molar-refractivity contribution in [1.29, 1.82) is 5.26 Å². The standard InChI is InChI=1S/C60H64Cl2F2N10O7S2/c1-59(2,3)33-51-60(37-65,46-20-15-42(61)32-48(46)63)52(45-8-5-9-47(62)53(45)64)54(72-51)57(77)71-49-21-14-41(31-50(49)80-4)56(76)68-24-30-81-29-23-67-55(75)40-12-10-38(11-13-40)36-73-25-27-74(28-26-73)83(78,79)44-18-16-43(17-19-44)70-58(82)69-35-39-7-6-22-66-34-39/h5-22,31-32,34,51-52,54,72H,23-30,33,35-36H2,1-4H3,(H,67,75)(H,68,76)(H,71,77)(H2,69,70,82)/t51-,52-,54+,60-/m0/s1. The van der Waals surface area contributed by atoms with Crippen molar-refractivity contribution in [3.05, 3.63) is 183 Å². The molecule has 0 saturated carbocycles. The Bertz CT molecular complexity index is 3460. The SMILES string of the molecule is COc1cc(C(=O)NCCOCCNC(=O)c2ccc(CN3CCN(S(=O)(=O)c4ccc(NC(=S)NCc5cccnc5)cc4)CC3)cc2)ccc1NC(=O)[C@@H]1N[C@@H](CC(C)(C)C)[C@](C#N)(c2ccc(Cl)cc2F)[C@H]1c1cccc(Cl)c1F. The minimum Gasteiger partial charge on any atom is -0.495 e. The number of sulfonamides is 1. The van der Waals surface area contributed by atoms with Gasteiger partial charge in [0, 0.05) is 104 Å². The molecule has 6 aromatic rings. The number of hydrogen-bond acceptors (Lipinski definition) is 12. The zero-order chi connectivity index (χ0) is 59.5. The summed E-state index contributed by atoms with van der Waals surface area (Å²) >= 11 is 17.9. The predicted octanol–water partition coefficient (Wildman–Crippen LogP) is 8.81. The molecule has 2 saturated heterocycles. The van der Waals surface area contributed by atoms with E-state index in [1.54, 1.807) is 48.8 Å². The lowest BCUT2D eigenvalue weighted by atomic mass is 9.62. The average molecular weight is 1210 g/mol. The van der Waals surface area contributed by atoms with E-state index in [1.807, 2.05) is 45.0 Å². The molecule has 2 aliphatic rings. The number of nitriles is 1. The Hall–Kier alpha value is -7.13. The molecule has 436 valence electrons. The molecule has 0 spiro atoms. The molecule has 0 bridgehead atoms. The summed E-state index contributed by atoms with van der Waals surface area (Å²) in [6, 6.07) is 30.3. The van der Waals surface area contributed by atoms with Crippen molar-refractivity contribution in [2.75, 3.05) is 70.2 Å². The van der Waals surface area contributed by atoms with Crippen LogP contribution in [0.2, 0.25) is 10.0 Å². The lowest BCUT2D eigenvalue weighted by Crippen LogP contribution is -2.48. The highest BCUT2D eigenvalue weighted by molar-refractivity contribution is 7.89. The van der Waals surface area contributed by atoms with Crippen LogP contribution in [0.1, 0.15) is 76.1 Å². The van der Waals surface area contributed by atoms with Crippen molar-refractivity contribution in [1.82, 2.24) is 35.5 Å². The molecule has 1 aromatic heterocycles. The number of amides is 3. The van der Waals surface area contributed by atoms with Gasteiger partial charge in [-0.15, -0.1) is 0 Å². The number of ether oxygens (including phenoxy) is 2. The van der Waals surface area contributed by atoms with Crippen molar-refractivity contribution < 1.29 is 41.1 Å². The number of anilines is 2. The van der Waals surface area contributed by atoms with Crippen LogP contribution >= 0.6 is 35.4 Å². The number of carbonyl (C=O) groups excluding carboxylic acids is 3. The van der Waals surface area contributed by atoms with E-state index in [9.17, 15) is 28.1 Å². The molecule has 4 atom stereocenters. The first-order chi connectivity index (χ1) is 39.7. The average Bonchev–Trinajstić information content (AvgIpc) is 2.10. The number of rotatable bonds is 21. The number of thiocarbonyl (C=S) groups is 1. The Kier molecular flexibility index (Phi) is 20.5. The summed E-state index contributed by atoms with van der Waals surface area (Å²) in [6.45, 7) is 9.29. The molecule has 8 rings (SSSR count). The number of piperazine rings is 1. The summed E-state index contributed by atoms with van der Waals surface area (Å²) in [5.74, 6) is -4.24. The topological polar surface area (TPSA) is 219 Å². The van der Waals surface area contributed by atoms with Crippen LogP contribution in [0.3, 0.4) is 0 Å². The van der Waals surface area contributed by atoms with Crippen LogP contribution in [0.25, 0.3) is 0 Å². The van der Waals surface area contributed by atoms with Gasteiger partial charge in [-0.25, -0.2) is 17.2 Å². The molecule has 3 amide bonds. The minimum atomic E-state index is -3.71. The normalized spacial score (nSPS) is 18.4. The van der Waals surface area contributed by atoms with Crippen molar-refractivity contribution in [3.8, 4) is 11.8 Å². The Balaban J connectivity index is 0.771. The summed E-state index contributed by atoms with van der Waals surface area (Å²) < 4.78 is 72.1. The summed E-state index contributed by atoms with van der Waals surface area (Å²) in [5, 5.41) is 29.4. The van der Waals surface area contributed by atoms with Crippen molar-refractivity contribution in [3.63, 3.8) is 0 Å². The third-order valence-corrected chi connectivity index (χ3v) is 17.1. The fourth-order valence-corrected chi connectivity index (χ4v) is 12.3. The van der Waals surface area contributed by atoms with E-state index in [4.69, 9.17) is 44.9 Å². The van der Waals surface area contributed by atoms with Crippen LogP contribution in [-0.2, 0) is 38.1 Å². The number of hydrogen-bond donors (Lipinski definition) is 6. The molecule has 23 heteroatoms. The molecular weight excluding hydrogens is 1150 g/mol. The summed E-state index contributed by atoms with van der Waals surface area (Å²) in [7, 11) is -2.34. The Morgan fingerprint density at radius 3 is 2.17 bits per heavy atom. The molecule has 2 aliphatic heterocycles. The molecule has 6 N–H and O–H groups in total. The van der Waals surface area contributed by atoms with E-state index in [1.165, 1.54) is 59.9 Å². The van der Waals surface area contributed by atoms with Crippen LogP contribution in [0.5, 0.6) is 5.75 Å². The van der Waals surface area contributed by atoms with Gasteiger partial charge in [-0.2, -0.15) is 9.57 Å². The molecule has 0 unspecified atom stereocenters. The molecule has 0 radical (unpaired) electrons. The largest absolute Gasteiger partial charge is 0.495 e. The number of aromatic nitrogens is 1. The van der Waals surface area contributed by atoms with Crippen LogP contribution in [0.4, 0.5) is 20.2 Å². The fraction of sp³-hybridized carbons (Fsp3) is 0.333. The van der Waals surface area contributed by atoms with Crippen molar-refractivity contribution in [2.45, 2.75) is 68.6 Å². The number of nitrogens with one attached hydrogen (secondary N) is 6. The van der Waals surface area contributed by atoms with E-state index in [2.05, 4.69) is 47.9 Å². The highest BCUT2D eigenvalue weighted by Crippen LogP contribution is 2.53. The van der Waals surface area contributed by atoms with Gasteiger partial charge in [-0.05, 0) is 120 Å². The number of nitrogens with zero attached hydrogens (tertiary/aromatic N) is 4. The second-order valence-electron chi connectivity index (χ2n) is 21.3. The monoisotopic (exact) mass is 1210 g/mol. The smallest absolute Gasteiger partial charge is 0.251 e. The summed E-state index contributed by atoms with van der Waals surface area (Å²) in [4.78, 5) is 47.2. The molecule has 0 aliphatic carbocycles. The van der Waals surface area contributed by atoms with Gasteiger partial charge in [0.25, 0.3) is 11.8 Å². The van der Waals surface area contributed by atoms with E-state index < -0.39 is 62.3 Å². The Morgan fingerprint density at radius 1 is 0.843 bits per heavy atom. The van der Waals surface area contributed by atoms with Gasteiger partial charge in [0.05, 0.1) is 48.0 Å². The van der Waals surface area contributed by atoms with Gasteiger partial charge in [0.1, 0.15) is 22.8 Å².